The van der Waals surface area contributed by atoms with E-state index in [4.69, 9.17) is 14.6 Å². The average molecular weight is 525 g/mol. The first-order chi connectivity index (χ1) is 18.9. The first-order valence-corrected chi connectivity index (χ1v) is 13.4. The smallest absolute Gasteiger partial charge is 0.270 e. The number of hydrogen-bond donors (Lipinski definition) is 1. The maximum Gasteiger partial charge on any atom is 0.270 e. The number of methoxy groups -OCH3 is 2. The minimum absolute atomic E-state index is 0.117. The number of likely N-dealkylation sites (tertiary alicyclic amines) is 1. The number of rotatable bonds is 8. The molecule has 7 heteroatoms. The van der Waals surface area contributed by atoms with E-state index in [1.807, 2.05) is 49.4 Å². The fraction of sp³-hybridized carbons (Fsp3) is 0.312. The molecule has 0 bridgehead atoms. The molecule has 39 heavy (non-hydrogen) atoms. The highest BCUT2D eigenvalue weighted by Gasteiger charge is 2.25. The van der Waals surface area contributed by atoms with Gasteiger partial charge in [0.05, 0.1) is 25.6 Å². The number of piperidine rings is 1. The van der Waals surface area contributed by atoms with Crippen molar-refractivity contribution in [3.8, 4) is 28.4 Å². The first kappa shape index (κ1) is 26.5. The first-order valence-electron chi connectivity index (χ1n) is 13.4. The lowest BCUT2D eigenvalue weighted by Crippen LogP contribution is -2.44. The summed E-state index contributed by atoms with van der Waals surface area (Å²) in [6.07, 6.45) is 1.82. The van der Waals surface area contributed by atoms with E-state index in [2.05, 4.69) is 47.5 Å². The summed E-state index contributed by atoms with van der Waals surface area (Å²) in [7, 11) is 3.25. The standard InChI is InChI=1S/C32H36N4O3/c1-22-10-13-29(23(2)18-22)36-30(20-28(34-36)27-12-11-26(38-3)19-31(27)39-4)32(37)33-25-14-16-35(17-15-25)21-24-8-6-5-7-9-24/h5-13,18-20,25H,14-17,21H2,1-4H3,(H,33,37). The molecular weight excluding hydrogens is 488 g/mol. The van der Waals surface area contributed by atoms with Crippen molar-refractivity contribution >= 4 is 5.91 Å². The van der Waals surface area contributed by atoms with Crippen molar-refractivity contribution in [1.29, 1.82) is 0 Å². The number of aryl methyl sites for hydroxylation is 2. The predicted octanol–water partition coefficient (Wildman–Crippen LogP) is 5.57. The zero-order chi connectivity index (χ0) is 27.4. The van der Waals surface area contributed by atoms with Gasteiger partial charge in [0.1, 0.15) is 17.2 Å². The molecule has 1 amide bonds. The molecule has 2 heterocycles. The average Bonchev–Trinajstić information content (AvgIpc) is 3.39. The highest BCUT2D eigenvalue weighted by atomic mass is 16.5. The van der Waals surface area contributed by atoms with Crippen LogP contribution in [0.5, 0.6) is 11.5 Å². The zero-order valence-electron chi connectivity index (χ0n) is 23.1. The van der Waals surface area contributed by atoms with Gasteiger partial charge in [-0.1, -0.05) is 48.0 Å². The Bertz CT molecular complexity index is 1440. The van der Waals surface area contributed by atoms with Gasteiger partial charge in [-0.3, -0.25) is 9.69 Å². The Labute approximate surface area is 230 Å². The fourth-order valence-corrected chi connectivity index (χ4v) is 5.25. The number of benzene rings is 3. The molecule has 1 aliphatic heterocycles. The van der Waals surface area contributed by atoms with E-state index in [0.717, 1.165) is 54.9 Å². The third kappa shape index (κ3) is 5.99. The summed E-state index contributed by atoms with van der Waals surface area (Å²) in [6, 6.07) is 24.3. The number of nitrogens with zero attached hydrogens (tertiary/aromatic N) is 3. The molecule has 0 unspecified atom stereocenters. The van der Waals surface area contributed by atoms with Crippen LogP contribution < -0.4 is 14.8 Å². The van der Waals surface area contributed by atoms with Crippen LogP contribution in [0.25, 0.3) is 16.9 Å². The third-order valence-electron chi connectivity index (χ3n) is 7.38. The molecule has 1 aliphatic rings. The lowest BCUT2D eigenvalue weighted by atomic mass is 10.0. The van der Waals surface area contributed by atoms with Crippen LogP contribution in [0.1, 0.15) is 40.0 Å². The summed E-state index contributed by atoms with van der Waals surface area (Å²) in [5.74, 6) is 1.21. The van der Waals surface area contributed by atoms with Gasteiger partial charge in [0.25, 0.3) is 5.91 Å². The topological polar surface area (TPSA) is 68.6 Å². The molecule has 0 saturated carbocycles. The molecule has 1 N–H and O–H groups in total. The number of carbonyl (C=O) groups is 1. The highest BCUT2D eigenvalue weighted by Crippen LogP contribution is 2.34. The monoisotopic (exact) mass is 524 g/mol. The maximum atomic E-state index is 13.7. The van der Waals surface area contributed by atoms with Crippen LogP contribution in [0.3, 0.4) is 0 Å². The molecule has 202 valence electrons. The van der Waals surface area contributed by atoms with Gasteiger partial charge >= 0.3 is 0 Å². The van der Waals surface area contributed by atoms with Gasteiger partial charge in [-0.2, -0.15) is 5.10 Å². The van der Waals surface area contributed by atoms with Crippen molar-refractivity contribution in [2.24, 2.45) is 0 Å². The lowest BCUT2D eigenvalue weighted by molar-refractivity contribution is 0.0901. The van der Waals surface area contributed by atoms with Crippen LogP contribution in [-0.4, -0.2) is 53.9 Å². The summed E-state index contributed by atoms with van der Waals surface area (Å²) >= 11 is 0. The minimum atomic E-state index is -0.122. The molecule has 5 rings (SSSR count). The summed E-state index contributed by atoms with van der Waals surface area (Å²) in [5, 5.41) is 8.20. The van der Waals surface area contributed by atoms with Gasteiger partial charge in [0.15, 0.2) is 0 Å². The zero-order valence-corrected chi connectivity index (χ0v) is 23.1. The Morgan fingerprint density at radius 2 is 1.72 bits per heavy atom. The predicted molar refractivity (Wildman–Crippen MR) is 154 cm³/mol. The van der Waals surface area contributed by atoms with Crippen molar-refractivity contribution in [3.05, 3.63) is 95.2 Å². The van der Waals surface area contributed by atoms with Crippen molar-refractivity contribution in [3.63, 3.8) is 0 Å². The van der Waals surface area contributed by atoms with Crippen LogP contribution in [0.2, 0.25) is 0 Å². The molecule has 1 aromatic heterocycles. The molecular formula is C32H36N4O3. The van der Waals surface area contributed by atoms with Gasteiger partial charge in [-0.15, -0.1) is 0 Å². The number of carbonyl (C=O) groups excluding carboxylic acids is 1. The van der Waals surface area contributed by atoms with Gasteiger partial charge in [0, 0.05) is 37.3 Å². The fourth-order valence-electron chi connectivity index (χ4n) is 5.25. The Balaban J connectivity index is 1.39. The second kappa shape index (κ2) is 11.7. The van der Waals surface area contributed by atoms with Gasteiger partial charge in [-0.25, -0.2) is 4.68 Å². The number of hydrogen-bond acceptors (Lipinski definition) is 5. The largest absolute Gasteiger partial charge is 0.497 e. The van der Waals surface area contributed by atoms with E-state index in [-0.39, 0.29) is 11.9 Å². The Morgan fingerprint density at radius 3 is 2.41 bits per heavy atom. The van der Waals surface area contributed by atoms with E-state index in [1.165, 1.54) is 5.56 Å². The van der Waals surface area contributed by atoms with Crippen LogP contribution in [-0.2, 0) is 6.54 Å². The molecule has 1 saturated heterocycles. The van der Waals surface area contributed by atoms with E-state index >= 15 is 0 Å². The summed E-state index contributed by atoms with van der Waals surface area (Å²) in [6.45, 7) is 6.94. The van der Waals surface area contributed by atoms with Crippen molar-refractivity contribution in [2.45, 2.75) is 39.3 Å². The molecule has 0 spiro atoms. The number of nitrogens with one attached hydrogen (secondary N) is 1. The number of aromatic nitrogens is 2. The molecule has 1 fully saturated rings. The molecule has 7 nitrogen and oxygen atoms in total. The van der Waals surface area contributed by atoms with Crippen LogP contribution in [0, 0.1) is 13.8 Å². The number of amides is 1. The molecule has 3 aromatic carbocycles. The van der Waals surface area contributed by atoms with E-state index in [0.29, 0.717) is 22.9 Å². The van der Waals surface area contributed by atoms with E-state index < -0.39 is 0 Å². The van der Waals surface area contributed by atoms with Crippen molar-refractivity contribution in [1.82, 2.24) is 20.0 Å². The van der Waals surface area contributed by atoms with Gasteiger partial charge in [-0.05, 0) is 62.1 Å². The van der Waals surface area contributed by atoms with Crippen LogP contribution in [0.15, 0.2) is 72.8 Å². The Kier molecular flexibility index (Phi) is 7.98. The van der Waals surface area contributed by atoms with E-state index in [9.17, 15) is 4.79 Å². The molecule has 4 aromatic rings. The quantitative estimate of drug-likeness (QED) is 0.327. The third-order valence-corrected chi connectivity index (χ3v) is 7.38. The van der Waals surface area contributed by atoms with Crippen LogP contribution >= 0.6 is 0 Å². The second-order valence-corrected chi connectivity index (χ2v) is 10.2. The summed E-state index contributed by atoms with van der Waals surface area (Å²) in [4.78, 5) is 16.2. The normalized spacial score (nSPS) is 14.3. The number of ether oxygens (including phenoxy) is 2. The van der Waals surface area contributed by atoms with Crippen LogP contribution in [0.4, 0.5) is 0 Å². The second-order valence-electron chi connectivity index (χ2n) is 10.2. The highest BCUT2D eigenvalue weighted by molar-refractivity contribution is 5.95. The molecule has 0 radical (unpaired) electrons. The van der Waals surface area contributed by atoms with Crippen molar-refractivity contribution < 1.29 is 14.3 Å². The van der Waals surface area contributed by atoms with Gasteiger partial charge < -0.3 is 14.8 Å². The minimum Gasteiger partial charge on any atom is -0.497 e. The summed E-state index contributed by atoms with van der Waals surface area (Å²) < 4.78 is 12.8. The van der Waals surface area contributed by atoms with E-state index in [1.54, 1.807) is 18.9 Å². The summed E-state index contributed by atoms with van der Waals surface area (Å²) in [5.41, 5.74) is 6.37. The lowest BCUT2D eigenvalue weighted by Gasteiger charge is -2.32. The van der Waals surface area contributed by atoms with Gasteiger partial charge in [0.2, 0.25) is 0 Å². The molecule has 0 atom stereocenters. The Morgan fingerprint density at radius 1 is 0.949 bits per heavy atom. The van der Waals surface area contributed by atoms with Crippen molar-refractivity contribution in [2.75, 3.05) is 27.3 Å². The maximum absolute atomic E-state index is 13.7. The molecule has 0 aliphatic carbocycles. The Hall–Kier alpha value is -4.10. The SMILES string of the molecule is COc1ccc(-c2cc(C(=O)NC3CCN(Cc4ccccc4)CC3)n(-c3ccc(C)cc3C)n2)c(OC)c1.